The number of amides is 1. The number of hydrogen-bond acceptors (Lipinski definition) is 5. The van der Waals surface area contributed by atoms with Gasteiger partial charge in [0.1, 0.15) is 12.2 Å². The Kier molecular flexibility index (Phi) is 5.48. The van der Waals surface area contributed by atoms with E-state index in [1.54, 1.807) is 18.7 Å². The maximum atomic E-state index is 12.9. The number of aromatic nitrogens is 6. The molecule has 0 aliphatic carbocycles. The minimum atomic E-state index is -0.406. The number of nitrogens with zero attached hydrogens (tertiary/aromatic N) is 6. The van der Waals surface area contributed by atoms with E-state index in [0.29, 0.717) is 11.5 Å². The summed E-state index contributed by atoms with van der Waals surface area (Å²) in [6.07, 6.45) is 0.950. The number of carbonyl (C=O) groups excluding carboxylic acids is 1. The summed E-state index contributed by atoms with van der Waals surface area (Å²) in [6.45, 7) is 3.71. The number of para-hydroxylation sites is 1. The number of carbonyl (C=O) groups is 1. The lowest BCUT2D eigenvalue weighted by Crippen LogP contribution is -2.25. The molecular weight excluding hydrogens is 394 g/mol. The fraction of sp³-hybridized carbons (Fsp3) is 0.227. The summed E-state index contributed by atoms with van der Waals surface area (Å²) in [4.78, 5) is 26.7. The summed E-state index contributed by atoms with van der Waals surface area (Å²) >= 11 is 0. The molecule has 9 nitrogen and oxygen atoms in total. The van der Waals surface area contributed by atoms with Crippen molar-refractivity contribution in [1.82, 2.24) is 29.6 Å². The summed E-state index contributed by atoms with van der Waals surface area (Å²) in [5, 5.41) is 15.0. The van der Waals surface area contributed by atoms with E-state index in [1.807, 2.05) is 54.6 Å². The Bertz CT molecular complexity index is 1270. The summed E-state index contributed by atoms with van der Waals surface area (Å²) in [5.41, 5.74) is 3.33. The molecule has 2 aromatic carbocycles. The quantitative estimate of drug-likeness (QED) is 0.519. The largest absolute Gasteiger partial charge is 0.318 e. The number of aryl methyl sites for hydroxylation is 1. The molecule has 9 heteroatoms. The van der Waals surface area contributed by atoms with E-state index >= 15 is 0 Å². The zero-order chi connectivity index (χ0) is 22.0. The van der Waals surface area contributed by atoms with Crippen molar-refractivity contribution in [3.63, 3.8) is 0 Å². The highest BCUT2D eigenvalue weighted by atomic mass is 16.2. The molecule has 1 N–H and O–H groups in total. The molecule has 0 aliphatic heterocycles. The zero-order valence-electron chi connectivity index (χ0n) is 17.6. The second kappa shape index (κ2) is 8.39. The average Bonchev–Trinajstić information content (AvgIpc) is 3.33. The topological polar surface area (TPSA) is 99.6 Å². The van der Waals surface area contributed by atoms with Crippen LogP contribution in [0, 0.1) is 6.92 Å². The molecule has 0 atom stereocenters. The number of anilines is 1. The van der Waals surface area contributed by atoms with Gasteiger partial charge in [0, 0.05) is 12.6 Å². The Balaban J connectivity index is 1.51. The van der Waals surface area contributed by atoms with Crippen molar-refractivity contribution in [3.8, 4) is 17.1 Å². The van der Waals surface area contributed by atoms with E-state index in [2.05, 4.69) is 27.7 Å². The molecule has 4 rings (SSSR count). The van der Waals surface area contributed by atoms with Gasteiger partial charge in [-0.3, -0.25) is 14.3 Å². The van der Waals surface area contributed by atoms with Crippen LogP contribution in [0.15, 0.2) is 59.4 Å². The molecule has 31 heavy (non-hydrogen) atoms. The molecule has 0 aliphatic rings. The first-order valence-corrected chi connectivity index (χ1v) is 9.99. The van der Waals surface area contributed by atoms with Crippen LogP contribution in [0.3, 0.4) is 0 Å². The highest BCUT2D eigenvalue weighted by molar-refractivity contribution is 5.90. The van der Waals surface area contributed by atoms with Crippen LogP contribution in [0.25, 0.3) is 17.1 Å². The molecule has 2 aromatic heterocycles. The molecule has 0 saturated carbocycles. The lowest BCUT2D eigenvalue weighted by atomic mass is 10.1. The molecule has 158 valence electrons. The minimum Gasteiger partial charge on any atom is -0.318 e. The molecule has 0 spiro atoms. The van der Waals surface area contributed by atoms with Gasteiger partial charge in [0.25, 0.3) is 5.56 Å². The highest BCUT2D eigenvalue weighted by Crippen LogP contribution is 2.16. The van der Waals surface area contributed by atoms with Gasteiger partial charge in [-0.25, -0.2) is 4.68 Å². The van der Waals surface area contributed by atoms with Gasteiger partial charge < -0.3 is 5.32 Å². The second-order valence-corrected chi connectivity index (χ2v) is 7.18. The van der Waals surface area contributed by atoms with E-state index in [1.165, 1.54) is 15.0 Å². The number of benzene rings is 2. The molecule has 4 aromatic rings. The third kappa shape index (κ3) is 4.02. The standard InChI is InChI=1S/C22H23N7O2/c1-4-16-10-12-17(13-11-16)21-24-26-28(25-21)14-19(30)23-20-15(2)27(3)29(22(20)31)18-8-6-5-7-9-18/h5-13H,4,14H2,1-3H3,(H,23,30). The number of tetrazole rings is 1. The molecule has 0 saturated heterocycles. The summed E-state index contributed by atoms with van der Waals surface area (Å²) < 4.78 is 3.22. The molecule has 0 unspecified atom stereocenters. The van der Waals surface area contributed by atoms with E-state index in [9.17, 15) is 9.59 Å². The Morgan fingerprint density at radius 1 is 1.06 bits per heavy atom. The predicted molar refractivity (Wildman–Crippen MR) is 117 cm³/mol. The Morgan fingerprint density at radius 2 is 1.77 bits per heavy atom. The Labute approximate surface area is 178 Å². The van der Waals surface area contributed by atoms with Gasteiger partial charge in [-0.1, -0.05) is 49.4 Å². The lowest BCUT2D eigenvalue weighted by Gasteiger charge is -2.07. The summed E-state index contributed by atoms with van der Waals surface area (Å²) in [6, 6.07) is 17.1. The number of rotatable bonds is 6. The monoisotopic (exact) mass is 417 g/mol. The fourth-order valence-corrected chi connectivity index (χ4v) is 3.33. The maximum Gasteiger partial charge on any atom is 0.295 e. The van der Waals surface area contributed by atoms with E-state index in [-0.39, 0.29) is 17.8 Å². The van der Waals surface area contributed by atoms with Gasteiger partial charge in [0.15, 0.2) is 0 Å². The van der Waals surface area contributed by atoms with Crippen LogP contribution in [0.1, 0.15) is 18.2 Å². The first kappa shape index (κ1) is 20.3. The van der Waals surface area contributed by atoms with Crippen LogP contribution >= 0.6 is 0 Å². The van der Waals surface area contributed by atoms with Gasteiger partial charge in [-0.15, -0.1) is 10.2 Å². The lowest BCUT2D eigenvalue weighted by molar-refractivity contribution is -0.117. The van der Waals surface area contributed by atoms with E-state index in [0.717, 1.165) is 17.7 Å². The van der Waals surface area contributed by atoms with E-state index in [4.69, 9.17) is 0 Å². The van der Waals surface area contributed by atoms with Crippen LogP contribution in [0.4, 0.5) is 5.69 Å². The molecule has 0 bridgehead atoms. The Hall–Kier alpha value is -4.01. The maximum absolute atomic E-state index is 12.9. The molecule has 0 radical (unpaired) electrons. The molecular formula is C22H23N7O2. The van der Waals surface area contributed by atoms with Crippen molar-refractivity contribution < 1.29 is 4.79 Å². The third-order valence-corrected chi connectivity index (χ3v) is 5.18. The van der Waals surface area contributed by atoms with Crippen molar-refractivity contribution in [2.75, 3.05) is 5.32 Å². The zero-order valence-corrected chi connectivity index (χ0v) is 17.6. The van der Waals surface area contributed by atoms with Crippen molar-refractivity contribution in [2.24, 2.45) is 7.05 Å². The van der Waals surface area contributed by atoms with Crippen LogP contribution in [-0.2, 0) is 24.8 Å². The smallest absolute Gasteiger partial charge is 0.295 e. The first-order chi connectivity index (χ1) is 15.0. The highest BCUT2D eigenvalue weighted by Gasteiger charge is 2.19. The van der Waals surface area contributed by atoms with Crippen LogP contribution < -0.4 is 10.9 Å². The number of hydrogen-bond donors (Lipinski definition) is 1. The third-order valence-electron chi connectivity index (χ3n) is 5.18. The van der Waals surface area contributed by atoms with Crippen molar-refractivity contribution >= 4 is 11.6 Å². The molecule has 0 fully saturated rings. The van der Waals surface area contributed by atoms with E-state index < -0.39 is 5.91 Å². The molecule has 2 heterocycles. The van der Waals surface area contributed by atoms with Crippen LogP contribution in [-0.4, -0.2) is 35.5 Å². The SMILES string of the molecule is CCc1ccc(-c2nnn(CC(=O)Nc3c(C)n(C)n(-c4ccccc4)c3=O)n2)cc1. The van der Waals surface area contributed by atoms with Gasteiger partial charge in [0.2, 0.25) is 11.7 Å². The van der Waals surface area contributed by atoms with Gasteiger partial charge in [-0.05, 0) is 36.3 Å². The van der Waals surface area contributed by atoms with Crippen LogP contribution in [0.2, 0.25) is 0 Å². The van der Waals surface area contributed by atoms with Crippen molar-refractivity contribution in [3.05, 3.63) is 76.2 Å². The van der Waals surface area contributed by atoms with Gasteiger partial charge in [-0.2, -0.15) is 4.80 Å². The van der Waals surface area contributed by atoms with Gasteiger partial charge >= 0.3 is 0 Å². The Morgan fingerprint density at radius 3 is 2.45 bits per heavy atom. The van der Waals surface area contributed by atoms with Crippen LogP contribution in [0.5, 0.6) is 0 Å². The number of nitrogens with one attached hydrogen (secondary N) is 1. The van der Waals surface area contributed by atoms with Crippen molar-refractivity contribution in [2.45, 2.75) is 26.8 Å². The normalized spacial score (nSPS) is 10.9. The summed E-state index contributed by atoms with van der Waals surface area (Å²) in [7, 11) is 1.77. The van der Waals surface area contributed by atoms with Crippen molar-refractivity contribution in [1.29, 1.82) is 0 Å². The van der Waals surface area contributed by atoms with Gasteiger partial charge in [0.05, 0.1) is 11.4 Å². The second-order valence-electron chi connectivity index (χ2n) is 7.18. The fourth-order valence-electron chi connectivity index (χ4n) is 3.33. The molecule has 1 amide bonds. The minimum absolute atomic E-state index is 0.154. The first-order valence-electron chi connectivity index (χ1n) is 9.99. The average molecular weight is 417 g/mol. The predicted octanol–water partition coefficient (Wildman–Crippen LogP) is 2.34. The summed E-state index contributed by atoms with van der Waals surface area (Å²) in [5.74, 6) is 0.0362.